The van der Waals surface area contributed by atoms with E-state index in [0.29, 0.717) is 33.7 Å². The van der Waals surface area contributed by atoms with Gasteiger partial charge in [-0.25, -0.2) is 5.10 Å². The molecule has 0 aliphatic heterocycles. The first-order valence-corrected chi connectivity index (χ1v) is 9.38. The van der Waals surface area contributed by atoms with Crippen molar-refractivity contribution in [2.45, 2.75) is 19.4 Å². The van der Waals surface area contributed by atoms with E-state index in [2.05, 4.69) is 25.9 Å². The second-order valence-corrected chi connectivity index (χ2v) is 7.49. The number of aromatic nitrogens is 4. The molecule has 0 saturated carbocycles. The predicted octanol–water partition coefficient (Wildman–Crippen LogP) is 2.38. The number of tetrazole rings is 1. The van der Waals surface area contributed by atoms with Crippen LogP contribution < -0.4 is 15.5 Å². The number of hydrogen-bond acceptors (Lipinski definition) is 8. The quantitative estimate of drug-likeness (QED) is 0.430. The number of aromatic amines is 1. The Balaban J connectivity index is 1.66. The number of rotatable bonds is 6. The van der Waals surface area contributed by atoms with Gasteiger partial charge in [0.25, 0.3) is 5.91 Å². The van der Waals surface area contributed by atoms with E-state index in [1.165, 1.54) is 12.1 Å². The lowest BCUT2D eigenvalue weighted by Gasteiger charge is -2.19. The molecule has 10 heteroatoms. The Hall–Kier alpha value is -4.05. The largest absolute Gasteiger partial charge is 0.490 e. The molecule has 10 nitrogen and oxygen atoms in total. The summed E-state index contributed by atoms with van der Waals surface area (Å²) in [5, 5.41) is 25.4. The molecular weight excluding hydrogens is 402 g/mol. The number of carbonyl (C=O) groups excluding carboxylic acids is 1. The Morgan fingerprint density at radius 1 is 1.23 bits per heavy atom. The zero-order chi connectivity index (χ0) is 22.0. The molecular formula is C21H19N5O5. The summed E-state index contributed by atoms with van der Waals surface area (Å²) >= 11 is 0. The standard InChI is InChI=1S/C21H19N5O5/c1-21(2,29)11-30-16-6-4-3-5-13(16)18-10-15(27)14-9-12(7-8-17(14)31-18)22-20(28)19-23-25-26-24-19/h3-10,29H,11H2,1-2H3,(H,22,28)(H,23,24,25,26). The van der Waals surface area contributed by atoms with Crippen molar-refractivity contribution >= 4 is 22.6 Å². The van der Waals surface area contributed by atoms with Crippen LogP contribution in [0.5, 0.6) is 5.75 Å². The number of benzene rings is 2. The summed E-state index contributed by atoms with van der Waals surface area (Å²) in [6.07, 6.45) is 0. The lowest BCUT2D eigenvalue weighted by Crippen LogP contribution is -2.28. The molecule has 0 fully saturated rings. The van der Waals surface area contributed by atoms with E-state index in [1.54, 1.807) is 50.2 Å². The number of anilines is 1. The smallest absolute Gasteiger partial charge is 0.294 e. The third kappa shape index (κ3) is 4.59. The van der Waals surface area contributed by atoms with Crippen molar-refractivity contribution < 1.29 is 19.1 Å². The SMILES string of the molecule is CC(C)(O)COc1ccccc1-c1cc(=O)c2cc(NC(=O)c3nnn[nH]3)ccc2o1. The molecule has 2 heterocycles. The van der Waals surface area contributed by atoms with Crippen LogP contribution in [0.4, 0.5) is 5.69 Å². The van der Waals surface area contributed by atoms with Gasteiger partial charge in [0.2, 0.25) is 5.82 Å². The van der Waals surface area contributed by atoms with Gasteiger partial charge in [-0.05, 0) is 54.6 Å². The van der Waals surface area contributed by atoms with Gasteiger partial charge in [0.1, 0.15) is 23.7 Å². The van der Waals surface area contributed by atoms with Crippen LogP contribution in [-0.2, 0) is 0 Å². The number of para-hydroxylation sites is 1. The minimum Gasteiger partial charge on any atom is -0.490 e. The summed E-state index contributed by atoms with van der Waals surface area (Å²) in [6, 6.07) is 13.2. The summed E-state index contributed by atoms with van der Waals surface area (Å²) in [6.45, 7) is 3.35. The highest BCUT2D eigenvalue weighted by Gasteiger charge is 2.17. The van der Waals surface area contributed by atoms with Gasteiger partial charge in [-0.15, -0.1) is 5.10 Å². The number of aliphatic hydroxyl groups is 1. The van der Waals surface area contributed by atoms with Crippen LogP contribution >= 0.6 is 0 Å². The van der Waals surface area contributed by atoms with Crippen molar-refractivity contribution in [1.29, 1.82) is 0 Å². The third-order valence-corrected chi connectivity index (χ3v) is 4.28. The molecule has 0 bridgehead atoms. The van der Waals surface area contributed by atoms with Crippen molar-refractivity contribution in [3.8, 4) is 17.1 Å². The molecule has 4 rings (SSSR count). The topological polar surface area (TPSA) is 143 Å². The number of ether oxygens (including phenoxy) is 1. The van der Waals surface area contributed by atoms with Crippen molar-refractivity contribution in [2.75, 3.05) is 11.9 Å². The molecule has 31 heavy (non-hydrogen) atoms. The first-order chi connectivity index (χ1) is 14.8. The van der Waals surface area contributed by atoms with Gasteiger partial charge in [-0.2, -0.15) is 0 Å². The Kier molecular flexibility index (Phi) is 5.22. The van der Waals surface area contributed by atoms with Gasteiger partial charge in [0.15, 0.2) is 5.43 Å². The van der Waals surface area contributed by atoms with E-state index in [4.69, 9.17) is 9.15 Å². The summed E-state index contributed by atoms with van der Waals surface area (Å²) in [7, 11) is 0. The Labute approximate surface area is 175 Å². The second kappa shape index (κ2) is 8.00. The molecule has 4 aromatic rings. The van der Waals surface area contributed by atoms with Gasteiger partial charge in [-0.3, -0.25) is 9.59 Å². The molecule has 0 radical (unpaired) electrons. The molecule has 0 unspecified atom stereocenters. The van der Waals surface area contributed by atoms with Crippen LogP contribution in [0.2, 0.25) is 0 Å². The van der Waals surface area contributed by atoms with Crippen molar-refractivity contribution in [3.63, 3.8) is 0 Å². The molecule has 2 aromatic carbocycles. The fraction of sp³-hybridized carbons (Fsp3) is 0.190. The number of fused-ring (bicyclic) bond motifs is 1. The average molecular weight is 421 g/mol. The van der Waals surface area contributed by atoms with Gasteiger partial charge >= 0.3 is 0 Å². The van der Waals surface area contributed by atoms with Gasteiger partial charge < -0.3 is 19.6 Å². The second-order valence-electron chi connectivity index (χ2n) is 7.49. The minimum absolute atomic E-state index is 0.0508. The van der Waals surface area contributed by atoms with E-state index in [9.17, 15) is 14.7 Å². The normalized spacial score (nSPS) is 11.5. The lowest BCUT2D eigenvalue weighted by atomic mass is 10.1. The maximum Gasteiger partial charge on any atom is 0.294 e. The van der Waals surface area contributed by atoms with Crippen LogP contribution in [0.3, 0.4) is 0 Å². The Morgan fingerprint density at radius 3 is 2.77 bits per heavy atom. The fourth-order valence-corrected chi connectivity index (χ4v) is 2.86. The summed E-state index contributed by atoms with van der Waals surface area (Å²) in [5.74, 6) is 0.221. The summed E-state index contributed by atoms with van der Waals surface area (Å²) in [5.41, 5.74) is 0.0221. The highest BCUT2D eigenvalue weighted by atomic mass is 16.5. The van der Waals surface area contributed by atoms with E-state index in [0.717, 1.165) is 0 Å². The van der Waals surface area contributed by atoms with Crippen LogP contribution in [-0.4, -0.2) is 43.8 Å². The first kappa shape index (κ1) is 20.2. The van der Waals surface area contributed by atoms with Crippen LogP contribution in [0, 0.1) is 0 Å². The molecule has 158 valence electrons. The molecule has 3 N–H and O–H groups in total. The zero-order valence-electron chi connectivity index (χ0n) is 16.7. The molecule has 2 aromatic heterocycles. The fourth-order valence-electron chi connectivity index (χ4n) is 2.86. The Morgan fingerprint density at radius 2 is 2.03 bits per heavy atom. The highest BCUT2D eigenvalue weighted by molar-refractivity contribution is 6.02. The monoisotopic (exact) mass is 421 g/mol. The Bertz CT molecular complexity index is 1290. The summed E-state index contributed by atoms with van der Waals surface area (Å²) in [4.78, 5) is 24.9. The third-order valence-electron chi connectivity index (χ3n) is 4.28. The van der Waals surface area contributed by atoms with E-state index in [1.807, 2.05) is 0 Å². The number of carbonyl (C=O) groups is 1. The van der Waals surface area contributed by atoms with E-state index < -0.39 is 11.5 Å². The van der Waals surface area contributed by atoms with E-state index in [-0.39, 0.29) is 17.9 Å². The van der Waals surface area contributed by atoms with Crippen molar-refractivity contribution in [2.24, 2.45) is 0 Å². The van der Waals surface area contributed by atoms with Crippen molar-refractivity contribution in [3.05, 3.63) is 64.6 Å². The average Bonchev–Trinajstić information content (AvgIpc) is 3.27. The number of nitrogens with zero attached hydrogens (tertiary/aromatic N) is 3. The molecule has 1 amide bonds. The molecule has 0 aliphatic rings. The van der Waals surface area contributed by atoms with Crippen LogP contribution in [0.1, 0.15) is 24.5 Å². The lowest BCUT2D eigenvalue weighted by molar-refractivity contribution is 0.0286. The number of hydrogen-bond donors (Lipinski definition) is 3. The number of H-pyrrole nitrogens is 1. The van der Waals surface area contributed by atoms with Gasteiger partial charge in [0, 0.05) is 11.8 Å². The molecule has 0 saturated heterocycles. The van der Waals surface area contributed by atoms with Crippen LogP contribution in [0.15, 0.2) is 57.7 Å². The van der Waals surface area contributed by atoms with Crippen LogP contribution in [0.25, 0.3) is 22.3 Å². The molecule has 0 aliphatic carbocycles. The highest BCUT2D eigenvalue weighted by Crippen LogP contribution is 2.31. The summed E-state index contributed by atoms with van der Waals surface area (Å²) < 4.78 is 11.7. The van der Waals surface area contributed by atoms with Gasteiger partial charge in [0.05, 0.1) is 16.6 Å². The number of amides is 1. The number of nitrogens with one attached hydrogen (secondary N) is 2. The maximum absolute atomic E-state index is 12.8. The first-order valence-electron chi connectivity index (χ1n) is 9.38. The molecule has 0 atom stereocenters. The van der Waals surface area contributed by atoms with E-state index >= 15 is 0 Å². The predicted molar refractivity (Wildman–Crippen MR) is 112 cm³/mol. The van der Waals surface area contributed by atoms with Crippen molar-refractivity contribution in [1.82, 2.24) is 20.6 Å². The zero-order valence-corrected chi connectivity index (χ0v) is 16.7. The molecule has 0 spiro atoms. The minimum atomic E-state index is -1.01. The maximum atomic E-state index is 12.8. The van der Waals surface area contributed by atoms with Gasteiger partial charge in [-0.1, -0.05) is 12.1 Å².